The van der Waals surface area contributed by atoms with Gasteiger partial charge in [0, 0.05) is 32.8 Å². The van der Waals surface area contributed by atoms with Gasteiger partial charge in [0.05, 0.1) is 12.4 Å². The van der Waals surface area contributed by atoms with Crippen LogP contribution in [0.2, 0.25) is 5.02 Å². The average molecular weight is 492 g/mol. The topological polar surface area (TPSA) is 99.0 Å². The van der Waals surface area contributed by atoms with Crippen LogP contribution in [0.4, 0.5) is 10.6 Å². The summed E-state index contributed by atoms with van der Waals surface area (Å²) in [5, 5.41) is 4.14. The summed E-state index contributed by atoms with van der Waals surface area (Å²) in [7, 11) is 0. The molecular weight excluding hydrogens is 462 g/mol. The van der Waals surface area contributed by atoms with Gasteiger partial charge in [0.2, 0.25) is 0 Å². The quantitative estimate of drug-likeness (QED) is 0.636. The molecule has 11 heteroatoms. The molecule has 0 saturated carbocycles. The van der Waals surface area contributed by atoms with Crippen LogP contribution in [0, 0.1) is 0 Å². The Labute approximate surface area is 203 Å². The zero-order valence-electron chi connectivity index (χ0n) is 19.7. The highest BCUT2D eigenvalue weighted by atomic mass is 35.5. The normalized spacial score (nSPS) is 19.1. The Morgan fingerprint density at radius 2 is 1.91 bits per heavy atom. The van der Waals surface area contributed by atoms with Crippen LogP contribution in [0.3, 0.4) is 0 Å². The maximum Gasteiger partial charge on any atom is 0.410 e. The number of ether oxygens (including phenoxy) is 3. The van der Waals surface area contributed by atoms with Gasteiger partial charge >= 0.3 is 6.09 Å². The number of pyridine rings is 1. The summed E-state index contributed by atoms with van der Waals surface area (Å²) in [6.07, 6.45) is 4.97. The molecule has 1 atom stereocenters. The van der Waals surface area contributed by atoms with Crippen molar-refractivity contribution in [2.75, 3.05) is 37.7 Å². The van der Waals surface area contributed by atoms with E-state index >= 15 is 0 Å². The van der Waals surface area contributed by atoms with Crippen molar-refractivity contribution >= 4 is 23.5 Å². The number of hydrogen-bond acceptors (Lipinski definition) is 8. The second-order valence-corrected chi connectivity index (χ2v) is 9.68. The largest absolute Gasteiger partial charge is 0.452 e. The summed E-state index contributed by atoms with van der Waals surface area (Å²) in [6, 6.07) is 3.59. The Balaban J connectivity index is 1.36. The van der Waals surface area contributed by atoms with E-state index in [2.05, 4.69) is 15.0 Å². The van der Waals surface area contributed by atoms with Crippen LogP contribution in [-0.2, 0) is 9.47 Å². The molecule has 0 aliphatic carbocycles. The van der Waals surface area contributed by atoms with Gasteiger partial charge in [0.25, 0.3) is 5.56 Å². The van der Waals surface area contributed by atoms with Crippen LogP contribution in [0.15, 0.2) is 29.3 Å². The Bertz CT molecular complexity index is 1050. The average Bonchev–Trinajstić information content (AvgIpc) is 2.82. The molecule has 2 aliphatic heterocycles. The minimum Gasteiger partial charge on any atom is -0.452 e. The summed E-state index contributed by atoms with van der Waals surface area (Å²) >= 11 is 6.27. The molecule has 2 saturated heterocycles. The van der Waals surface area contributed by atoms with Gasteiger partial charge in [-0.15, -0.1) is 0 Å². The zero-order chi connectivity index (χ0) is 24.3. The van der Waals surface area contributed by atoms with E-state index in [1.165, 1.54) is 10.9 Å². The van der Waals surface area contributed by atoms with Gasteiger partial charge in [0.1, 0.15) is 17.2 Å². The zero-order valence-corrected chi connectivity index (χ0v) is 20.5. The third-order valence-corrected chi connectivity index (χ3v) is 5.89. The number of anilines is 1. The molecule has 0 bridgehead atoms. The van der Waals surface area contributed by atoms with Crippen molar-refractivity contribution in [1.82, 2.24) is 19.7 Å². The molecule has 1 amide bonds. The summed E-state index contributed by atoms with van der Waals surface area (Å²) < 4.78 is 18.1. The van der Waals surface area contributed by atoms with Crippen LogP contribution in [0.1, 0.15) is 46.3 Å². The van der Waals surface area contributed by atoms with Gasteiger partial charge in [-0.3, -0.25) is 4.79 Å². The number of piperazine rings is 1. The number of carbonyl (C=O) groups is 1. The Morgan fingerprint density at radius 1 is 1.15 bits per heavy atom. The number of aromatic nitrogens is 3. The molecule has 0 aromatic carbocycles. The van der Waals surface area contributed by atoms with Gasteiger partial charge in [-0.1, -0.05) is 11.6 Å². The van der Waals surface area contributed by atoms with Crippen molar-refractivity contribution in [2.24, 2.45) is 0 Å². The Kier molecular flexibility index (Phi) is 7.27. The first kappa shape index (κ1) is 24.3. The van der Waals surface area contributed by atoms with Crippen LogP contribution in [0.25, 0.3) is 0 Å². The van der Waals surface area contributed by atoms with Gasteiger partial charge in [-0.2, -0.15) is 9.78 Å². The molecule has 184 valence electrons. The van der Waals surface area contributed by atoms with E-state index in [9.17, 15) is 9.59 Å². The fourth-order valence-corrected chi connectivity index (χ4v) is 3.99. The van der Waals surface area contributed by atoms with Crippen molar-refractivity contribution in [3.05, 3.63) is 39.9 Å². The first-order valence-electron chi connectivity index (χ1n) is 11.5. The van der Waals surface area contributed by atoms with Gasteiger partial charge in [-0.25, -0.2) is 9.78 Å². The number of hydrogen-bond donors (Lipinski definition) is 0. The molecule has 10 nitrogen and oxygen atoms in total. The molecule has 0 spiro atoms. The lowest BCUT2D eigenvalue weighted by Gasteiger charge is -2.36. The third-order valence-electron chi connectivity index (χ3n) is 5.54. The molecule has 2 aliphatic rings. The smallest absolute Gasteiger partial charge is 0.410 e. The molecular formula is C23H30ClN5O5. The van der Waals surface area contributed by atoms with Gasteiger partial charge in [-0.05, 0) is 52.2 Å². The summed E-state index contributed by atoms with van der Waals surface area (Å²) in [6.45, 7) is 8.56. The van der Waals surface area contributed by atoms with Crippen molar-refractivity contribution in [3.63, 3.8) is 0 Å². The molecule has 0 N–H and O–H groups in total. The Hall–Kier alpha value is -2.85. The van der Waals surface area contributed by atoms with Crippen molar-refractivity contribution in [1.29, 1.82) is 0 Å². The van der Waals surface area contributed by atoms with Gasteiger partial charge < -0.3 is 24.0 Å². The molecule has 34 heavy (non-hydrogen) atoms. The lowest BCUT2D eigenvalue weighted by molar-refractivity contribution is -0.0425. The molecule has 4 rings (SSSR count). The number of halogens is 1. The number of rotatable bonds is 4. The molecule has 0 radical (unpaired) electrons. The monoisotopic (exact) mass is 491 g/mol. The summed E-state index contributed by atoms with van der Waals surface area (Å²) in [5.41, 5.74) is -0.960. The second-order valence-electron chi connectivity index (χ2n) is 9.30. The number of carbonyl (C=O) groups excluding carboxylic acids is 1. The van der Waals surface area contributed by atoms with Crippen LogP contribution in [0.5, 0.6) is 11.5 Å². The predicted octanol–water partition coefficient (Wildman–Crippen LogP) is 3.84. The van der Waals surface area contributed by atoms with E-state index in [-0.39, 0.29) is 16.9 Å². The molecule has 2 aromatic rings. The van der Waals surface area contributed by atoms with E-state index in [1.54, 1.807) is 17.2 Å². The highest BCUT2D eigenvalue weighted by molar-refractivity contribution is 6.31. The van der Waals surface area contributed by atoms with Crippen LogP contribution >= 0.6 is 11.6 Å². The van der Waals surface area contributed by atoms with Crippen LogP contribution in [-0.4, -0.2) is 64.1 Å². The van der Waals surface area contributed by atoms with Gasteiger partial charge in [0.15, 0.2) is 17.0 Å². The highest BCUT2D eigenvalue weighted by Gasteiger charge is 2.26. The molecule has 2 aromatic heterocycles. The third kappa shape index (κ3) is 5.79. The minimum atomic E-state index is -0.514. The van der Waals surface area contributed by atoms with E-state index in [0.29, 0.717) is 38.5 Å². The fourth-order valence-electron chi connectivity index (χ4n) is 3.81. The minimum absolute atomic E-state index is 0.0495. The summed E-state index contributed by atoms with van der Waals surface area (Å²) in [4.78, 5) is 33.1. The first-order valence-corrected chi connectivity index (χ1v) is 11.8. The Morgan fingerprint density at radius 3 is 2.53 bits per heavy atom. The predicted molar refractivity (Wildman–Crippen MR) is 127 cm³/mol. The van der Waals surface area contributed by atoms with Crippen molar-refractivity contribution in [2.45, 2.75) is 51.9 Å². The molecule has 2 fully saturated rings. The SMILES string of the molecule is CC(C)(C)OC(=O)N1CCN(c2ccc(Oc3cnn(C4CCCCO4)c(=O)c3Cl)cn2)CC1. The van der Waals surface area contributed by atoms with E-state index in [0.717, 1.165) is 25.1 Å². The maximum atomic E-state index is 12.6. The lowest BCUT2D eigenvalue weighted by atomic mass is 10.2. The number of amides is 1. The van der Waals surface area contributed by atoms with Crippen molar-refractivity contribution in [3.8, 4) is 11.5 Å². The molecule has 4 heterocycles. The lowest BCUT2D eigenvalue weighted by Crippen LogP contribution is -2.50. The first-order chi connectivity index (χ1) is 16.2. The summed E-state index contributed by atoms with van der Waals surface area (Å²) in [5.74, 6) is 1.37. The van der Waals surface area contributed by atoms with Crippen LogP contribution < -0.4 is 15.2 Å². The second kappa shape index (κ2) is 10.2. The standard InChI is InChI=1S/C23H30ClN5O5/c1-23(2,3)34-22(31)28-11-9-27(10-12-28)18-8-7-16(14-25-18)33-17-15-26-29(21(30)20(17)24)19-6-4-5-13-32-19/h7-8,14-15,19H,4-6,9-13H2,1-3H3. The van der Waals surface area contributed by atoms with E-state index in [4.69, 9.17) is 25.8 Å². The fraction of sp³-hybridized carbons (Fsp3) is 0.565. The van der Waals surface area contributed by atoms with Crippen molar-refractivity contribution < 1.29 is 19.0 Å². The van der Waals surface area contributed by atoms with E-state index < -0.39 is 17.4 Å². The van der Waals surface area contributed by atoms with E-state index in [1.807, 2.05) is 26.8 Å². The highest BCUT2D eigenvalue weighted by Crippen LogP contribution is 2.28. The molecule has 1 unspecified atom stereocenters. The maximum absolute atomic E-state index is 12.6. The number of nitrogens with zero attached hydrogens (tertiary/aromatic N) is 5.